The predicted molar refractivity (Wildman–Crippen MR) is 71.6 cm³/mol. The zero-order valence-corrected chi connectivity index (χ0v) is 11.1. The summed E-state index contributed by atoms with van der Waals surface area (Å²) in [5.74, 6) is 0.923. The van der Waals surface area contributed by atoms with Gasteiger partial charge in [-0.2, -0.15) is 5.10 Å². The van der Waals surface area contributed by atoms with E-state index in [1.54, 1.807) is 6.20 Å². The smallest absolute Gasteiger partial charge is 0.307 e. The highest BCUT2D eigenvalue weighted by molar-refractivity contribution is 5.44. The number of anilines is 1. The molecule has 0 aromatic carbocycles. The van der Waals surface area contributed by atoms with E-state index in [-0.39, 0.29) is 5.69 Å². The third-order valence-electron chi connectivity index (χ3n) is 3.28. The van der Waals surface area contributed by atoms with Gasteiger partial charge >= 0.3 is 5.69 Å². The van der Waals surface area contributed by atoms with Crippen molar-refractivity contribution in [1.82, 2.24) is 19.7 Å². The number of hydrogen-bond acceptors (Lipinski definition) is 6. The van der Waals surface area contributed by atoms with Gasteiger partial charge in [0.25, 0.3) is 0 Å². The zero-order valence-electron chi connectivity index (χ0n) is 11.1. The van der Waals surface area contributed by atoms with Crippen LogP contribution in [0.1, 0.15) is 17.8 Å². The Morgan fingerprint density at radius 1 is 1.40 bits per heavy atom. The summed E-state index contributed by atoms with van der Waals surface area (Å²) < 4.78 is 1.49. The van der Waals surface area contributed by atoms with Gasteiger partial charge in [-0.15, -0.1) is 0 Å². The minimum absolute atomic E-state index is 0.0214. The SMILES string of the molecule is Cc1nc(Cn2cc([N+](=O)[O-])cn2)cnc1N1CCC1. The van der Waals surface area contributed by atoms with Crippen LogP contribution in [0.2, 0.25) is 0 Å². The van der Waals surface area contributed by atoms with Crippen LogP contribution in [0.4, 0.5) is 11.5 Å². The van der Waals surface area contributed by atoms with Crippen molar-refractivity contribution >= 4 is 11.5 Å². The summed E-state index contributed by atoms with van der Waals surface area (Å²) in [6.45, 7) is 4.36. The molecule has 0 atom stereocenters. The first kappa shape index (κ1) is 12.5. The molecule has 2 aromatic heterocycles. The van der Waals surface area contributed by atoms with Crippen LogP contribution >= 0.6 is 0 Å². The first-order valence-corrected chi connectivity index (χ1v) is 6.38. The molecule has 20 heavy (non-hydrogen) atoms. The van der Waals surface area contributed by atoms with E-state index in [4.69, 9.17) is 0 Å². The van der Waals surface area contributed by atoms with E-state index in [1.165, 1.54) is 23.5 Å². The van der Waals surface area contributed by atoms with Crippen molar-refractivity contribution in [2.24, 2.45) is 0 Å². The van der Waals surface area contributed by atoms with Crippen molar-refractivity contribution in [1.29, 1.82) is 0 Å². The first-order valence-electron chi connectivity index (χ1n) is 6.38. The molecule has 1 aliphatic heterocycles. The molecular formula is C12H14N6O2. The average Bonchev–Trinajstić information content (AvgIpc) is 2.79. The van der Waals surface area contributed by atoms with Gasteiger partial charge in [0.2, 0.25) is 0 Å². The zero-order chi connectivity index (χ0) is 14.1. The fourth-order valence-electron chi connectivity index (χ4n) is 2.14. The number of rotatable bonds is 4. The fourth-order valence-corrected chi connectivity index (χ4v) is 2.14. The lowest BCUT2D eigenvalue weighted by Crippen LogP contribution is -2.38. The van der Waals surface area contributed by atoms with Gasteiger partial charge in [0, 0.05) is 13.1 Å². The maximum absolute atomic E-state index is 10.6. The van der Waals surface area contributed by atoms with Gasteiger partial charge in [-0.05, 0) is 13.3 Å². The van der Waals surface area contributed by atoms with Gasteiger partial charge in [0.1, 0.15) is 18.2 Å². The molecule has 0 unspecified atom stereocenters. The lowest BCUT2D eigenvalue weighted by atomic mass is 10.2. The molecule has 0 spiro atoms. The first-order chi connectivity index (χ1) is 9.63. The molecule has 1 fully saturated rings. The van der Waals surface area contributed by atoms with Crippen molar-refractivity contribution < 1.29 is 4.92 Å². The van der Waals surface area contributed by atoms with Crippen LogP contribution in [0.25, 0.3) is 0 Å². The highest BCUT2D eigenvalue weighted by Gasteiger charge is 2.18. The second-order valence-electron chi connectivity index (χ2n) is 4.76. The minimum atomic E-state index is -0.465. The summed E-state index contributed by atoms with van der Waals surface area (Å²) in [6, 6.07) is 0. The van der Waals surface area contributed by atoms with Crippen LogP contribution < -0.4 is 4.90 Å². The molecule has 0 amide bonds. The monoisotopic (exact) mass is 274 g/mol. The van der Waals surface area contributed by atoms with Gasteiger partial charge in [0.15, 0.2) is 0 Å². The number of hydrogen-bond donors (Lipinski definition) is 0. The second kappa shape index (κ2) is 4.87. The molecule has 8 nitrogen and oxygen atoms in total. The Kier molecular flexibility index (Phi) is 3.05. The summed E-state index contributed by atoms with van der Waals surface area (Å²) in [7, 11) is 0. The van der Waals surface area contributed by atoms with Crippen LogP contribution in [0, 0.1) is 17.0 Å². The summed E-state index contributed by atoms with van der Waals surface area (Å²) in [4.78, 5) is 21.2. The Morgan fingerprint density at radius 3 is 2.75 bits per heavy atom. The summed E-state index contributed by atoms with van der Waals surface area (Å²) in [6.07, 6.45) is 5.52. The number of aryl methyl sites for hydroxylation is 1. The molecule has 0 aliphatic carbocycles. The van der Waals surface area contributed by atoms with E-state index in [9.17, 15) is 10.1 Å². The maximum atomic E-state index is 10.6. The van der Waals surface area contributed by atoms with Crippen LogP contribution in [-0.2, 0) is 6.54 Å². The molecule has 3 rings (SSSR count). The molecule has 0 N–H and O–H groups in total. The maximum Gasteiger partial charge on any atom is 0.307 e. The van der Waals surface area contributed by atoms with Gasteiger partial charge < -0.3 is 4.90 Å². The number of nitro groups is 1. The van der Waals surface area contributed by atoms with Gasteiger partial charge in [0.05, 0.1) is 29.1 Å². The highest BCUT2D eigenvalue weighted by Crippen LogP contribution is 2.20. The third kappa shape index (κ3) is 2.31. The summed E-state index contributed by atoms with van der Waals surface area (Å²) in [5.41, 5.74) is 1.60. The van der Waals surface area contributed by atoms with E-state index in [1.807, 2.05) is 6.92 Å². The van der Waals surface area contributed by atoms with Crippen LogP contribution in [-0.4, -0.2) is 37.8 Å². The highest BCUT2D eigenvalue weighted by atomic mass is 16.6. The number of nitrogens with zero attached hydrogens (tertiary/aromatic N) is 6. The Morgan fingerprint density at radius 2 is 2.20 bits per heavy atom. The van der Waals surface area contributed by atoms with Crippen molar-refractivity contribution in [3.8, 4) is 0 Å². The molecule has 0 bridgehead atoms. The largest absolute Gasteiger partial charge is 0.355 e. The molecule has 3 heterocycles. The van der Waals surface area contributed by atoms with Gasteiger partial charge in [-0.1, -0.05) is 0 Å². The van der Waals surface area contributed by atoms with Gasteiger partial charge in [-0.3, -0.25) is 19.8 Å². The summed E-state index contributed by atoms with van der Waals surface area (Å²) >= 11 is 0. The molecule has 1 aliphatic rings. The Bertz CT molecular complexity index is 649. The van der Waals surface area contributed by atoms with Crippen molar-refractivity contribution in [3.05, 3.63) is 40.1 Å². The minimum Gasteiger partial charge on any atom is -0.355 e. The molecule has 0 radical (unpaired) electrons. The van der Waals surface area contributed by atoms with Crippen molar-refractivity contribution in [3.63, 3.8) is 0 Å². The Labute approximate surface area is 115 Å². The van der Waals surface area contributed by atoms with Gasteiger partial charge in [-0.25, -0.2) is 4.98 Å². The molecule has 104 valence electrons. The third-order valence-corrected chi connectivity index (χ3v) is 3.28. The van der Waals surface area contributed by atoms with E-state index < -0.39 is 4.92 Å². The lowest BCUT2D eigenvalue weighted by molar-refractivity contribution is -0.385. The molecule has 0 saturated carbocycles. The second-order valence-corrected chi connectivity index (χ2v) is 4.76. The molecule has 8 heteroatoms. The molecular weight excluding hydrogens is 260 g/mol. The topological polar surface area (TPSA) is 90.0 Å². The Balaban J connectivity index is 1.76. The predicted octanol–water partition coefficient (Wildman–Crippen LogP) is 1.15. The van der Waals surface area contributed by atoms with Crippen LogP contribution in [0.3, 0.4) is 0 Å². The van der Waals surface area contributed by atoms with Crippen LogP contribution in [0.15, 0.2) is 18.6 Å². The van der Waals surface area contributed by atoms with Crippen LogP contribution in [0.5, 0.6) is 0 Å². The normalized spacial score (nSPS) is 14.2. The Hall–Kier alpha value is -2.51. The lowest BCUT2D eigenvalue weighted by Gasteiger charge is -2.32. The van der Waals surface area contributed by atoms with Crippen molar-refractivity contribution in [2.75, 3.05) is 18.0 Å². The standard InChI is InChI=1S/C12H14N6O2/c1-9-12(16-3-2-4-16)13-5-10(15-9)7-17-8-11(6-14-17)18(19)20/h5-6,8H,2-4,7H2,1H3. The molecule has 2 aromatic rings. The van der Waals surface area contributed by atoms with E-state index in [0.29, 0.717) is 6.54 Å². The van der Waals surface area contributed by atoms with E-state index in [0.717, 1.165) is 30.3 Å². The van der Waals surface area contributed by atoms with E-state index in [2.05, 4.69) is 20.0 Å². The fraction of sp³-hybridized carbons (Fsp3) is 0.417. The van der Waals surface area contributed by atoms with Crippen molar-refractivity contribution in [2.45, 2.75) is 19.9 Å². The number of aromatic nitrogens is 4. The quantitative estimate of drug-likeness (QED) is 0.613. The summed E-state index contributed by atoms with van der Waals surface area (Å²) in [5, 5.41) is 14.5. The van der Waals surface area contributed by atoms with E-state index >= 15 is 0 Å². The average molecular weight is 274 g/mol. The molecule has 1 saturated heterocycles.